The fraction of sp³-hybridized carbons (Fsp3) is 0.579. The predicted molar refractivity (Wildman–Crippen MR) is 94.1 cm³/mol. The number of nitrogens with zero attached hydrogens (tertiary/aromatic N) is 2. The van der Waals surface area contributed by atoms with Crippen molar-refractivity contribution in [2.75, 3.05) is 39.8 Å². The van der Waals surface area contributed by atoms with Crippen molar-refractivity contribution in [1.82, 2.24) is 15.1 Å². The van der Waals surface area contributed by atoms with Gasteiger partial charge in [-0.25, -0.2) is 0 Å². The van der Waals surface area contributed by atoms with E-state index in [2.05, 4.69) is 5.32 Å². The molecule has 2 aliphatic heterocycles. The minimum Gasteiger partial charge on any atom is -0.342 e. The van der Waals surface area contributed by atoms with Crippen molar-refractivity contribution in [3.8, 4) is 0 Å². The van der Waals surface area contributed by atoms with E-state index in [-0.39, 0.29) is 11.8 Å². The number of rotatable bonds is 3. The van der Waals surface area contributed by atoms with Crippen LogP contribution in [-0.4, -0.2) is 61.4 Å². The lowest BCUT2D eigenvalue weighted by Crippen LogP contribution is -2.33. The van der Waals surface area contributed by atoms with Gasteiger partial charge in [0.1, 0.15) is 0 Å². The lowest BCUT2D eigenvalue weighted by molar-refractivity contribution is 0.0758. The van der Waals surface area contributed by atoms with Crippen molar-refractivity contribution in [3.05, 3.63) is 35.4 Å². The van der Waals surface area contributed by atoms with E-state index < -0.39 is 0 Å². The molecule has 24 heavy (non-hydrogen) atoms. The van der Waals surface area contributed by atoms with Gasteiger partial charge in [0, 0.05) is 37.8 Å². The lowest BCUT2D eigenvalue weighted by atomic mass is 9.92. The molecule has 0 spiro atoms. The minimum absolute atomic E-state index is 0.0383. The van der Waals surface area contributed by atoms with Crippen LogP contribution in [0.4, 0.5) is 0 Å². The fourth-order valence-electron chi connectivity index (χ4n) is 3.75. The number of hydrogen-bond acceptors (Lipinski definition) is 3. The standard InChI is InChI=1S/C19H27N3O2/c1-3-21(2)18(23)14-5-4-6-15(11-14)19(24)22-9-7-16-12-20-13-17(16)8-10-22/h4-6,11,16-17,20H,3,7-10,12-13H2,1-2H3/t16-,17+. The van der Waals surface area contributed by atoms with Crippen LogP contribution < -0.4 is 5.32 Å². The van der Waals surface area contributed by atoms with Gasteiger partial charge in [-0.15, -0.1) is 0 Å². The monoisotopic (exact) mass is 329 g/mol. The Morgan fingerprint density at radius 1 is 1.17 bits per heavy atom. The van der Waals surface area contributed by atoms with E-state index in [9.17, 15) is 9.59 Å². The van der Waals surface area contributed by atoms with Gasteiger partial charge in [0.05, 0.1) is 0 Å². The van der Waals surface area contributed by atoms with Gasteiger partial charge in [-0.2, -0.15) is 0 Å². The normalized spacial score (nSPS) is 23.5. The predicted octanol–water partition coefficient (Wildman–Crippen LogP) is 1.85. The van der Waals surface area contributed by atoms with Gasteiger partial charge in [-0.3, -0.25) is 9.59 Å². The Labute approximate surface area is 144 Å². The molecular formula is C19H27N3O2. The number of hydrogen-bond donors (Lipinski definition) is 1. The number of benzene rings is 1. The number of fused-ring (bicyclic) bond motifs is 1. The van der Waals surface area contributed by atoms with Gasteiger partial charge in [-0.1, -0.05) is 6.07 Å². The Hall–Kier alpha value is -1.88. The Morgan fingerprint density at radius 3 is 2.42 bits per heavy atom. The van der Waals surface area contributed by atoms with Crippen LogP contribution in [0.25, 0.3) is 0 Å². The molecule has 5 nitrogen and oxygen atoms in total. The number of likely N-dealkylation sites (tertiary alicyclic amines) is 1. The molecule has 5 heteroatoms. The maximum absolute atomic E-state index is 12.9. The smallest absolute Gasteiger partial charge is 0.253 e. The molecule has 2 saturated heterocycles. The summed E-state index contributed by atoms with van der Waals surface area (Å²) in [5.41, 5.74) is 1.21. The van der Waals surface area contributed by atoms with Crippen LogP contribution in [0.1, 0.15) is 40.5 Å². The Kier molecular flexibility index (Phi) is 5.19. The van der Waals surface area contributed by atoms with Crippen LogP contribution in [0.5, 0.6) is 0 Å². The van der Waals surface area contributed by atoms with E-state index >= 15 is 0 Å². The Balaban J connectivity index is 1.72. The van der Waals surface area contributed by atoms with E-state index in [4.69, 9.17) is 0 Å². The quantitative estimate of drug-likeness (QED) is 0.921. The van der Waals surface area contributed by atoms with Crippen molar-refractivity contribution in [1.29, 1.82) is 0 Å². The molecule has 2 heterocycles. The van der Waals surface area contributed by atoms with Crippen molar-refractivity contribution in [2.24, 2.45) is 11.8 Å². The highest BCUT2D eigenvalue weighted by atomic mass is 16.2. The molecule has 3 rings (SSSR count). The molecule has 0 bridgehead atoms. The van der Waals surface area contributed by atoms with Gasteiger partial charge in [0.25, 0.3) is 11.8 Å². The van der Waals surface area contributed by atoms with E-state index in [1.54, 1.807) is 30.1 Å². The number of carbonyl (C=O) groups excluding carboxylic acids is 2. The number of amides is 2. The van der Waals surface area contributed by atoms with Crippen molar-refractivity contribution in [3.63, 3.8) is 0 Å². The third kappa shape index (κ3) is 3.46. The molecule has 1 N–H and O–H groups in total. The van der Waals surface area contributed by atoms with E-state index in [1.165, 1.54) is 0 Å². The highest BCUT2D eigenvalue weighted by Gasteiger charge is 2.31. The van der Waals surface area contributed by atoms with Gasteiger partial charge in [0.15, 0.2) is 0 Å². The molecule has 1 aromatic carbocycles. The summed E-state index contributed by atoms with van der Waals surface area (Å²) in [5, 5.41) is 3.46. The fourth-order valence-corrected chi connectivity index (χ4v) is 3.75. The van der Waals surface area contributed by atoms with Crippen LogP contribution in [0.3, 0.4) is 0 Å². The van der Waals surface area contributed by atoms with Gasteiger partial charge >= 0.3 is 0 Å². The average Bonchev–Trinajstić information content (AvgIpc) is 2.98. The molecule has 0 radical (unpaired) electrons. The molecule has 1 aromatic rings. The first-order valence-corrected chi connectivity index (χ1v) is 8.95. The molecule has 0 unspecified atom stereocenters. The summed E-state index contributed by atoms with van der Waals surface area (Å²) in [5.74, 6) is 1.42. The third-order valence-corrected chi connectivity index (χ3v) is 5.48. The summed E-state index contributed by atoms with van der Waals surface area (Å²) >= 11 is 0. The molecule has 2 fully saturated rings. The molecule has 2 atom stereocenters. The molecule has 0 aromatic heterocycles. The summed E-state index contributed by atoms with van der Waals surface area (Å²) in [6.45, 7) is 6.39. The van der Waals surface area contributed by atoms with E-state index in [0.717, 1.165) is 39.0 Å². The Morgan fingerprint density at radius 2 is 1.79 bits per heavy atom. The highest BCUT2D eigenvalue weighted by Crippen LogP contribution is 2.27. The lowest BCUT2D eigenvalue weighted by Gasteiger charge is -2.21. The number of carbonyl (C=O) groups is 2. The van der Waals surface area contributed by atoms with Crippen LogP contribution in [0, 0.1) is 11.8 Å². The summed E-state index contributed by atoms with van der Waals surface area (Å²) in [6.07, 6.45) is 2.14. The second-order valence-electron chi connectivity index (χ2n) is 6.95. The van der Waals surface area contributed by atoms with Gasteiger partial charge in [0.2, 0.25) is 0 Å². The summed E-state index contributed by atoms with van der Waals surface area (Å²) in [7, 11) is 1.78. The molecule has 2 amide bonds. The zero-order valence-corrected chi connectivity index (χ0v) is 14.6. The Bertz CT molecular complexity index is 602. The molecule has 0 aliphatic carbocycles. The first-order chi connectivity index (χ1) is 11.6. The average molecular weight is 329 g/mol. The SMILES string of the molecule is CCN(C)C(=O)c1cccc(C(=O)N2CC[C@@H]3CNC[C@@H]3CC2)c1. The summed E-state index contributed by atoms with van der Waals surface area (Å²) in [4.78, 5) is 28.8. The van der Waals surface area contributed by atoms with Gasteiger partial charge in [-0.05, 0) is 62.9 Å². The minimum atomic E-state index is -0.0383. The van der Waals surface area contributed by atoms with Crippen molar-refractivity contribution in [2.45, 2.75) is 19.8 Å². The van der Waals surface area contributed by atoms with Crippen molar-refractivity contribution < 1.29 is 9.59 Å². The van der Waals surface area contributed by atoms with Crippen LogP contribution >= 0.6 is 0 Å². The summed E-state index contributed by atoms with van der Waals surface area (Å²) in [6, 6.07) is 7.15. The molecule has 0 saturated carbocycles. The van der Waals surface area contributed by atoms with Crippen LogP contribution in [-0.2, 0) is 0 Å². The largest absolute Gasteiger partial charge is 0.342 e. The maximum Gasteiger partial charge on any atom is 0.253 e. The van der Waals surface area contributed by atoms with Crippen molar-refractivity contribution >= 4 is 11.8 Å². The zero-order valence-electron chi connectivity index (χ0n) is 14.6. The topological polar surface area (TPSA) is 52.7 Å². The molecule has 130 valence electrons. The zero-order chi connectivity index (χ0) is 17.1. The van der Waals surface area contributed by atoms with E-state index in [1.807, 2.05) is 17.9 Å². The second kappa shape index (κ2) is 7.34. The molecule has 2 aliphatic rings. The number of nitrogens with one attached hydrogen (secondary N) is 1. The molecular weight excluding hydrogens is 302 g/mol. The van der Waals surface area contributed by atoms with Gasteiger partial charge < -0.3 is 15.1 Å². The van der Waals surface area contributed by atoms with E-state index in [0.29, 0.717) is 29.5 Å². The highest BCUT2D eigenvalue weighted by molar-refractivity contribution is 5.99. The second-order valence-corrected chi connectivity index (χ2v) is 6.95. The maximum atomic E-state index is 12.9. The van der Waals surface area contributed by atoms with Crippen LogP contribution in [0.2, 0.25) is 0 Å². The van der Waals surface area contributed by atoms with Crippen LogP contribution in [0.15, 0.2) is 24.3 Å². The first kappa shape index (κ1) is 17.0. The third-order valence-electron chi connectivity index (χ3n) is 5.48. The first-order valence-electron chi connectivity index (χ1n) is 8.95. The summed E-state index contributed by atoms with van der Waals surface area (Å²) < 4.78 is 0.